The molecule has 3 nitrogen and oxygen atoms in total. The fourth-order valence-corrected chi connectivity index (χ4v) is 1.78. The average Bonchev–Trinajstić information content (AvgIpc) is 2.38. The monoisotopic (exact) mass is 277 g/mol. The fraction of sp³-hybridized carbons (Fsp3) is 0.133. The number of carbonyl (C=O) groups excluding carboxylic acids is 1. The highest BCUT2D eigenvalue weighted by molar-refractivity contribution is 5.92. The van der Waals surface area contributed by atoms with Crippen molar-refractivity contribution in [1.29, 1.82) is 0 Å². The maximum Gasteiger partial charge on any atom is 0.228 e. The van der Waals surface area contributed by atoms with Crippen LogP contribution in [0, 0.1) is 11.6 Å². The molecular weight excluding hydrogens is 264 g/mol. The first kappa shape index (κ1) is 14.0. The highest BCUT2D eigenvalue weighted by Gasteiger charge is 2.07. The number of methoxy groups -OCH3 is 1. The van der Waals surface area contributed by atoms with E-state index in [2.05, 4.69) is 5.32 Å². The van der Waals surface area contributed by atoms with Gasteiger partial charge in [-0.05, 0) is 42.0 Å². The van der Waals surface area contributed by atoms with Crippen LogP contribution in [0.3, 0.4) is 0 Å². The van der Waals surface area contributed by atoms with Gasteiger partial charge in [-0.25, -0.2) is 8.78 Å². The van der Waals surface area contributed by atoms with Crippen molar-refractivity contribution in [2.24, 2.45) is 0 Å². The Morgan fingerprint density at radius 2 is 1.70 bits per heavy atom. The summed E-state index contributed by atoms with van der Waals surface area (Å²) in [5, 5.41) is 2.64. The molecular formula is C15H13F2NO2. The zero-order chi connectivity index (χ0) is 14.5. The van der Waals surface area contributed by atoms with E-state index in [0.717, 1.165) is 18.2 Å². The predicted octanol–water partition coefficient (Wildman–Crippen LogP) is 3.15. The molecule has 2 rings (SSSR count). The van der Waals surface area contributed by atoms with Crippen LogP contribution in [0.25, 0.3) is 0 Å². The summed E-state index contributed by atoms with van der Waals surface area (Å²) < 4.78 is 31.0. The van der Waals surface area contributed by atoms with Gasteiger partial charge in [-0.1, -0.05) is 0 Å². The Balaban J connectivity index is 2.01. The normalized spacial score (nSPS) is 10.2. The number of halogens is 2. The van der Waals surface area contributed by atoms with Crippen LogP contribution in [0.5, 0.6) is 5.75 Å². The quantitative estimate of drug-likeness (QED) is 0.932. The Morgan fingerprint density at radius 3 is 2.25 bits per heavy atom. The maximum absolute atomic E-state index is 13.0. The summed E-state index contributed by atoms with van der Waals surface area (Å²) in [7, 11) is 1.55. The van der Waals surface area contributed by atoms with E-state index in [4.69, 9.17) is 4.74 Å². The molecule has 1 N–H and O–H groups in total. The average molecular weight is 277 g/mol. The van der Waals surface area contributed by atoms with E-state index in [0.29, 0.717) is 11.4 Å². The molecule has 0 saturated heterocycles. The van der Waals surface area contributed by atoms with Gasteiger partial charge in [0.15, 0.2) is 0 Å². The molecule has 20 heavy (non-hydrogen) atoms. The molecule has 0 aliphatic rings. The van der Waals surface area contributed by atoms with Crippen molar-refractivity contribution < 1.29 is 18.3 Å². The highest BCUT2D eigenvalue weighted by atomic mass is 19.1. The lowest BCUT2D eigenvalue weighted by Gasteiger charge is -2.06. The molecule has 0 saturated carbocycles. The number of carbonyl (C=O) groups is 1. The number of nitrogens with one attached hydrogen (secondary N) is 1. The lowest BCUT2D eigenvalue weighted by atomic mass is 10.1. The molecule has 104 valence electrons. The first-order valence-corrected chi connectivity index (χ1v) is 5.95. The Morgan fingerprint density at radius 1 is 1.10 bits per heavy atom. The summed E-state index contributed by atoms with van der Waals surface area (Å²) in [6.07, 6.45) is -0.0965. The van der Waals surface area contributed by atoms with Crippen LogP contribution in [-0.2, 0) is 11.2 Å². The van der Waals surface area contributed by atoms with Crippen LogP contribution in [0.2, 0.25) is 0 Å². The molecule has 0 heterocycles. The maximum atomic E-state index is 13.0. The molecule has 0 fully saturated rings. The number of benzene rings is 2. The van der Waals surface area contributed by atoms with Crippen molar-refractivity contribution in [3.8, 4) is 5.75 Å². The largest absolute Gasteiger partial charge is 0.497 e. The van der Waals surface area contributed by atoms with Gasteiger partial charge in [0.25, 0.3) is 0 Å². The van der Waals surface area contributed by atoms with Crippen LogP contribution >= 0.6 is 0 Å². The van der Waals surface area contributed by atoms with Gasteiger partial charge in [-0.3, -0.25) is 4.79 Å². The third-order valence-electron chi connectivity index (χ3n) is 2.66. The lowest BCUT2D eigenvalue weighted by Crippen LogP contribution is -2.14. The number of rotatable bonds is 4. The first-order chi connectivity index (χ1) is 9.56. The van der Waals surface area contributed by atoms with Crippen LogP contribution < -0.4 is 10.1 Å². The zero-order valence-corrected chi connectivity index (χ0v) is 10.8. The summed E-state index contributed by atoms with van der Waals surface area (Å²) in [6, 6.07) is 9.82. The Kier molecular flexibility index (Phi) is 4.30. The minimum atomic E-state index is -0.697. The van der Waals surface area contributed by atoms with E-state index in [1.165, 1.54) is 0 Å². The molecule has 5 heteroatoms. The van der Waals surface area contributed by atoms with Gasteiger partial charge in [0.1, 0.15) is 17.4 Å². The summed E-state index contributed by atoms with van der Waals surface area (Å²) in [5.41, 5.74) is 0.876. The first-order valence-electron chi connectivity index (χ1n) is 5.95. The van der Waals surface area contributed by atoms with Gasteiger partial charge in [0.05, 0.1) is 13.5 Å². The SMILES string of the molecule is COc1ccc(NC(=O)Cc2cc(F)cc(F)c2)cc1. The molecule has 0 aliphatic carbocycles. The van der Waals surface area contributed by atoms with Gasteiger partial charge in [0.2, 0.25) is 5.91 Å². The van der Waals surface area contributed by atoms with Crippen molar-refractivity contribution in [3.05, 3.63) is 59.7 Å². The molecule has 0 radical (unpaired) electrons. The van der Waals surface area contributed by atoms with E-state index in [9.17, 15) is 13.6 Å². The molecule has 0 spiro atoms. The second-order valence-corrected chi connectivity index (χ2v) is 4.23. The Labute approximate surface area is 115 Å². The van der Waals surface area contributed by atoms with E-state index in [1.807, 2.05) is 0 Å². The zero-order valence-electron chi connectivity index (χ0n) is 10.8. The summed E-state index contributed by atoms with van der Waals surface area (Å²) in [6.45, 7) is 0. The molecule has 0 unspecified atom stereocenters. The number of ether oxygens (including phenoxy) is 1. The van der Waals surface area contributed by atoms with Gasteiger partial charge in [-0.2, -0.15) is 0 Å². The van der Waals surface area contributed by atoms with Crippen molar-refractivity contribution in [2.45, 2.75) is 6.42 Å². The number of hydrogen-bond acceptors (Lipinski definition) is 2. The van der Waals surface area contributed by atoms with Crippen LogP contribution in [0.1, 0.15) is 5.56 Å². The molecule has 0 bridgehead atoms. The summed E-state index contributed by atoms with van der Waals surface area (Å²) in [5.74, 6) is -1.06. The van der Waals surface area contributed by atoms with E-state index < -0.39 is 11.6 Å². The molecule has 0 aromatic heterocycles. The smallest absolute Gasteiger partial charge is 0.228 e. The minimum absolute atomic E-state index is 0.0965. The van der Waals surface area contributed by atoms with Crippen LogP contribution in [0.15, 0.2) is 42.5 Å². The Bertz CT molecular complexity index is 592. The lowest BCUT2D eigenvalue weighted by molar-refractivity contribution is -0.115. The summed E-state index contributed by atoms with van der Waals surface area (Å²) >= 11 is 0. The highest BCUT2D eigenvalue weighted by Crippen LogP contribution is 2.15. The third-order valence-corrected chi connectivity index (χ3v) is 2.66. The second kappa shape index (κ2) is 6.14. The molecule has 2 aromatic rings. The fourth-order valence-electron chi connectivity index (χ4n) is 1.78. The molecule has 1 amide bonds. The summed E-state index contributed by atoms with van der Waals surface area (Å²) in [4.78, 5) is 11.8. The second-order valence-electron chi connectivity index (χ2n) is 4.23. The topological polar surface area (TPSA) is 38.3 Å². The van der Waals surface area contributed by atoms with Gasteiger partial charge < -0.3 is 10.1 Å². The molecule has 2 aromatic carbocycles. The van der Waals surface area contributed by atoms with E-state index >= 15 is 0 Å². The van der Waals surface area contributed by atoms with Crippen LogP contribution in [0.4, 0.5) is 14.5 Å². The molecule has 0 aliphatic heterocycles. The van der Waals surface area contributed by atoms with Crippen molar-refractivity contribution in [1.82, 2.24) is 0 Å². The predicted molar refractivity (Wildman–Crippen MR) is 71.7 cm³/mol. The van der Waals surface area contributed by atoms with E-state index in [1.54, 1.807) is 31.4 Å². The van der Waals surface area contributed by atoms with Crippen molar-refractivity contribution in [3.63, 3.8) is 0 Å². The standard InChI is InChI=1S/C15H13F2NO2/c1-20-14-4-2-13(3-5-14)18-15(19)8-10-6-11(16)9-12(17)7-10/h2-7,9H,8H2,1H3,(H,18,19). The number of amides is 1. The van der Waals surface area contributed by atoms with Gasteiger partial charge in [0, 0.05) is 11.8 Å². The number of anilines is 1. The van der Waals surface area contributed by atoms with Crippen molar-refractivity contribution in [2.75, 3.05) is 12.4 Å². The van der Waals surface area contributed by atoms with E-state index in [-0.39, 0.29) is 17.9 Å². The number of hydrogen-bond donors (Lipinski definition) is 1. The van der Waals surface area contributed by atoms with Gasteiger partial charge >= 0.3 is 0 Å². The minimum Gasteiger partial charge on any atom is -0.497 e. The Hall–Kier alpha value is -2.43. The van der Waals surface area contributed by atoms with Crippen molar-refractivity contribution >= 4 is 11.6 Å². The third kappa shape index (κ3) is 3.78. The van der Waals surface area contributed by atoms with Gasteiger partial charge in [-0.15, -0.1) is 0 Å². The van der Waals surface area contributed by atoms with Crippen LogP contribution in [-0.4, -0.2) is 13.0 Å². The molecule has 0 atom stereocenters.